The summed E-state index contributed by atoms with van der Waals surface area (Å²) in [4.78, 5) is 10.3. The van der Waals surface area contributed by atoms with Gasteiger partial charge in [-0.2, -0.15) is 0 Å². The molecule has 5 heteroatoms. The molecule has 1 aromatic heterocycles. The number of rotatable bonds is 3. The van der Waals surface area contributed by atoms with Crippen molar-refractivity contribution in [2.45, 2.75) is 51.4 Å². The maximum Gasteiger partial charge on any atom is 0.157 e. The van der Waals surface area contributed by atoms with Gasteiger partial charge in [-0.3, -0.25) is 4.99 Å². The van der Waals surface area contributed by atoms with Crippen LogP contribution in [-0.4, -0.2) is 21.4 Å². The Bertz CT molecular complexity index is 388. The quantitative estimate of drug-likeness (QED) is 0.916. The van der Waals surface area contributed by atoms with Gasteiger partial charge in [0, 0.05) is 22.4 Å². The molecule has 94 valence electrons. The van der Waals surface area contributed by atoms with Crippen molar-refractivity contribution < 1.29 is 0 Å². The molecular formula is C12H19N3S2. The predicted octanol–water partition coefficient (Wildman–Crippen LogP) is 3.07. The van der Waals surface area contributed by atoms with Crippen LogP contribution in [0.4, 0.5) is 0 Å². The highest BCUT2D eigenvalue weighted by molar-refractivity contribution is 8.14. The van der Waals surface area contributed by atoms with Crippen molar-refractivity contribution >= 4 is 28.3 Å². The summed E-state index contributed by atoms with van der Waals surface area (Å²) in [6, 6.07) is 0.535. The molecule has 2 atom stereocenters. The van der Waals surface area contributed by atoms with Crippen LogP contribution in [0.2, 0.25) is 0 Å². The van der Waals surface area contributed by atoms with E-state index in [4.69, 9.17) is 0 Å². The van der Waals surface area contributed by atoms with Gasteiger partial charge in [0.2, 0.25) is 0 Å². The third kappa shape index (κ3) is 3.71. The molecule has 0 radical (unpaired) electrons. The monoisotopic (exact) mass is 269 g/mol. The molecule has 0 spiro atoms. The summed E-state index contributed by atoms with van der Waals surface area (Å²) >= 11 is 3.61. The number of nitrogens with zero attached hydrogens (tertiary/aromatic N) is 2. The number of amidine groups is 1. The van der Waals surface area contributed by atoms with Crippen molar-refractivity contribution in [3.8, 4) is 0 Å². The first-order valence-corrected chi connectivity index (χ1v) is 7.78. The molecule has 2 rings (SSSR count). The van der Waals surface area contributed by atoms with Crippen molar-refractivity contribution in [3.63, 3.8) is 0 Å². The van der Waals surface area contributed by atoms with E-state index in [1.165, 1.54) is 11.3 Å². The van der Waals surface area contributed by atoms with Crippen LogP contribution < -0.4 is 5.32 Å². The zero-order valence-electron chi connectivity index (χ0n) is 10.6. The molecule has 3 nitrogen and oxygen atoms in total. The van der Waals surface area contributed by atoms with Gasteiger partial charge in [0.1, 0.15) is 5.01 Å². The summed E-state index contributed by atoms with van der Waals surface area (Å²) in [6.07, 6.45) is 4.24. The second-order valence-corrected chi connectivity index (χ2v) is 7.03. The standard InChI is InChI=1S/C12H19N3S2/c1-4-10-6-13-11(17-10)7-14-12-15-8(2)5-9(3)16-12/h6,8-9H,4-5,7H2,1-3H3,(H,14,15). The maximum atomic E-state index is 4.62. The van der Waals surface area contributed by atoms with Gasteiger partial charge in [-0.05, 0) is 19.8 Å². The van der Waals surface area contributed by atoms with Gasteiger partial charge in [-0.1, -0.05) is 25.6 Å². The molecule has 1 aromatic rings. The lowest BCUT2D eigenvalue weighted by atomic mass is 10.2. The van der Waals surface area contributed by atoms with E-state index in [2.05, 4.69) is 36.1 Å². The zero-order valence-corrected chi connectivity index (χ0v) is 12.2. The molecule has 0 bridgehead atoms. The number of thiazole rings is 1. The van der Waals surface area contributed by atoms with Gasteiger partial charge in [0.05, 0.1) is 6.54 Å². The fraction of sp³-hybridized carbons (Fsp3) is 0.667. The highest BCUT2D eigenvalue weighted by Crippen LogP contribution is 2.23. The first-order chi connectivity index (χ1) is 8.17. The Morgan fingerprint density at radius 1 is 1.53 bits per heavy atom. The Labute approximate surface area is 111 Å². The van der Waals surface area contributed by atoms with Crippen molar-refractivity contribution in [2.75, 3.05) is 0 Å². The second-order valence-electron chi connectivity index (χ2n) is 4.40. The summed E-state index contributed by atoms with van der Waals surface area (Å²) in [5.74, 6) is 0. The number of hydrogen-bond donors (Lipinski definition) is 1. The third-order valence-electron chi connectivity index (χ3n) is 2.68. The van der Waals surface area contributed by atoms with Crippen LogP contribution in [0.25, 0.3) is 0 Å². The zero-order chi connectivity index (χ0) is 12.3. The number of hydrogen-bond acceptors (Lipinski definition) is 4. The predicted molar refractivity (Wildman–Crippen MR) is 76.9 cm³/mol. The average Bonchev–Trinajstić information content (AvgIpc) is 2.73. The van der Waals surface area contributed by atoms with E-state index in [1.807, 2.05) is 18.0 Å². The van der Waals surface area contributed by atoms with E-state index >= 15 is 0 Å². The summed E-state index contributed by atoms with van der Waals surface area (Å²) in [5.41, 5.74) is 0. The lowest BCUT2D eigenvalue weighted by Gasteiger charge is -2.26. The van der Waals surface area contributed by atoms with Crippen LogP contribution in [0.1, 0.15) is 37.1 Å². The smallest absolute Gasteiger partial charge is 0.157 e. The minimum Gasteiger partial charge on any atom is -0.362 e. The molecule has 1 aliphatic rings. The molecule has 0 aromatic carbocycles. The summed E-state index contributed by atoms with van der Waals surface area (Å²) in [6.45, 7) is 7.34. The summed E-state index contributed by atoms with van der Waals surface area (Å²) in [7, 11) is 0. The molecule has 1 N–H and O–H groups in total. The number of thioether (sulfide) groups is 1. The first-order valence-electron chi connectivity index (χ1n) is 6.08. The van der Waals surface area contributed by atoms with Crippen LogP contribution in [-0.2, 0) is 13.0 Å². The first kappa shape index (κ1) is 12.9. The van der Waals surface area contributed by atoms with Gasteiger partial charge < -0.3 is 5.32 Å². The molecule has 0 saturated carbocycles. The van der Waals surface area contributed by atoms with Gasteiger partial charge in [-0.25, -0.2) is 4.98 Å². The minimum atomic E-state index is 0.535. The molecule has 0 amide bonds. The Balaban J connectivity index is 1.95. The van der Waals surface area contributed by atoms with Crippen molar-refractivity contribution in [1.82, 2.24) is 10.3 Å². The van der Waals surface area contributed by atoms with E-state index < -0.39 is 0 Å². The average molecular weight is 269 g/mol. The fourth-order valence-corrected chi connectivity index (χ4v) is 3.81. The SMILES string of the molecule is CCc1cnc(CN=C2NC(C)CC(C)S2)s1. The Morgan fingerprint density at radius 3 is 3.00 bits per heavy atom. The van der Waals surface area contributed by atoms with Crippen LogP contribution in [0, 0.1) is 0 Å². The Hall–Kier alpha value is -0.550. The third-order valence-corrected chi connectivity index (χ3v) is 4.87. The van der Waals surface area contributed by atoms with E-state index in [1.54, 1.807) is 11.3 Å². The lowest BCUT2D eigenvalue weighted by molar-refractivity contribution is 0.597. The molecule has 2 heterocycles. The van der Waals surface area contributed by atoms with E-state index in [0.717, 1.165) is 16.6 Å². The maximum absolute atomic E-state index is 4.62. The highest BCUT2D eigenvalue weighted by atomic mass is 32.2. The molecule has 0 aliphatic carbocycles. The van der Waals surface area contributed by atoms with Gasteiger partial charge in [0.15, 0.2) is 5.17 Å². The molecule has 1 fully saturated rings. The van der Waals surface area contributed by atoms with E-state index in [9.17, 15) is 0 Å². The summed E-state index contributed by atoms with van der Waals surface area (Å²) in [5, 5.41) is 6.27. The highest BCUT2D eigenvalue weighted by Gasteiger charge is 2.19. The molecule has 17 heavy (non-hydrogen) atoms. The normalized spacial score (nSPS) is 27.1. The van der Waals surface area contributed by atoms with E-state index in [-0.39, 0.29) is 0 Å². The molecule has 1 aliphatic heterocycles. The van der Waals surface area contributed by atoms with Crippen LogP contribution >= 0.6 is 23.1 Å². The fourth-order valence-electron chi connectivity index (χ4n) is 1.85. The number of aliphatic imine (C=N–C) groups is 1. The molecule has 1 saturated heterocycles. The van der Waals surface area contributed by atoms with Crippen LogP contribution in [0.5, 0.6) is 0 Å². The van der Waals surface area contributed by atoms with Gasteiger partial charge >= 0.3 is 0 Å². The second kappa shape index (κ2) is 5.87. The Morgan fingerprint density at radius 2 is 2.35 bits per heavy atom. The largest absolute Gasteiger partial charge is 0.362 e. The number of aryl methyl sites for hydroxylation is 1. The minimum absolute atomic E-state index is 0.535. The van der Waals surface area contributed by atoms with Crippen LogP contribution in [0.15, 0.2) is 11.2 Å². The molecule has 2 unspecified atom stereocenters. The topological polar surface area (TPSA) is 37.3 Å². The summed E-state index contributed by atoms with van der Waals surface area (Å²) < 4.78 is 0. The van der Waals surface area contributed by atoms with Crippen molar-refractivity contribution in [3.05, 3.63) is 16.1 Å². The van der Waals surface area contributed by atoms with Crippen LogP contribution in [0.3, 0.4) is 0 Å². The molecular weight excluding hydrogens is 250 g/mol. The van der Waals surface area contributed by atoms with Gasteiger partial charge in [-0.15, -0.1) is 11.3 Å². The Kier molecular flexibility index (Phi) is 4.45. The van der Waals surface area contributed by atoms with Crippen molar-refractivity contribution in [2.24, 2.45) is 4.99 Å². The van der Waals surface area contributed by atoms with Gasteiger partial charge in [0.25, 0.3) is 0 Å². The lowest BCUT2D eigenvalue weighted by Crippen LogP contribution is -2.38. The van der Waals surface area contributed by atoms with E-state index in [0.29, 0.717) is 17.8 Å². The number of aromatic nitrogens is 1. The van der Waals surface area contributed by atoms with Crippen molar-refractivity contribution in [1.29, 1.82) is 0 Å². The number of nitrogens with one attached hydrogen (secondary N) is 1.